The van der Waals surface area contributed by atoms with Crippen LogP contribution in [0.2, 0.25) is 0 Å². The SMILES string of the molecule is [C-]#[N+]c1cnn(C)c1N=Nc1c(C)n(Cc2ccc(/C(=C\C=C\C(=C3C=CC(=[N+](CCCC)CCCC)C=C3)c3ccc(Cn4c(C)c(N=Nc5c(C#N)cnn5C)c5ccccc54)cc3)c3ccc(N(CCCC)CCCC)cc3)cc2)c2ccccc12. The van der Waals surface area contributed by atoms with Gasteiger partial charge in [0, 0.05) is 93.1 Å². The Balaban J connectivity index is 1.02. The third kappa shape index (κ3) is 14.2. The molecule has 0 aliphatic heterocycles. The van der Waals surface area contributed by atoms with Crippen LogP contribution in [0.5, 0.6) is 0 Å². The topological polar surface area (TPSA) is 129 Å². The molecule has 0 atom stereocenters. The van der Waals surface area contributed by atoms with Crippen molar-refractivity contribution in [2.24, 2.45) is 34.6 Å². The molecule has 14 nitrogen and oxygen atoms in total. The number of para-hydroxylation sites is 2. The van der Waals surface area contributed by atoms with Crippen molar-refractivity contribution < 1.29 is 4.58 Å². The van der Waals surface area contributed by atoms with Crippen molar-refractivity contribution in [1.29, 1.82) is 5.26 Å². The fourth-order valence-electron chi connectivity index (χ4n) is 11.7. The monoisotopic (exact) mass is 1180 g/mol. The van der Waals surface area contributed by atoms with Crippen molar-refractivity contribution in [2.75, 3.05) is 31.1 Å². The average molecular weight is 1180 g/mol. The standard InChI is InChI=1S/C75H81N14/c1-10-14-45-86(46-15-11-2)63-41-37-60(38-42-63)65(58-33-29-56(30-34-58)52-88-54(5)72(67-23-18-20-27-70(67)88)80-82-74-62(49-76)50-78-84(74)8)25-22-26-66(61-39-43-64(44-40-61)87(47-16-12-3)48-17-13-4)59-35-31-57(32-36-59)53-89-55(6)73(68-24-19-21-28-71(68)89)81-83-75-69(77-7)51-79-85(75)9/h18-44,50-51H,10-17,45-48,52-53H2,1-6,8-9H3/q+1. The molecule has 0 spiro atoms. The van der Waals surface area contributed by atoms with Crippen LogP contribution in [0.15, 0.2) is 202 Å². The zero-order chi connectivity index (χ0) is 62.2. The first kappa shape index (κ1) is 62.0. The molecule has 0 N–H and O–H groups in total. The second-order valence-corrected chi connectivity index (χ2v) is 22.9. The van der Waals surface area contributed by atoms with Gasteiger partial charge in [0.2, 0.25) is 0 Å². The van der Waals surface area contributed by atoms with E-state index in [1.54, 1.807) is 23.5 Å². The Kier molecular flexibility index (Phi) is 20.6. The molecule has 0 unspecified atom stereocenters. The number of allylic oxidation sites excluding steroid dienone is 9. The molecule has 450 valence electrons. The molecular formula is C75H81N14+. The van der Waals surface area contributed by atoms with Crippen LogP contribution in [-0.2, 0) is 27.2 Å². The average Bonchev–Trinajstić information content (AvgIpc) is 1.98. The summed E-state index contributed by atoms with van der Waals surface area (Å²) in [6.45, 7) is 26.3. The zero-order valence-electron chi connectivity index (χ0n) is 52.9. The maximum Gasteiger partial charge on any atom is 0.251 e. The molecule has 0 radical (unpaired) electrons. The first-order chi connectivity index (χ1) is 43.5. The van der Waals surface area contributed by atoms with Gasteiger partial charge in [-0.25, -0.2) is 14.1 Å². The van der Waals surface area contributed by atoms with E-state index in [-0.39, 0.29) is 0 Å². The van der Waals surface area contributed by atoms with Crippen LogP contribution in [0.3, 0.4) is 0 Å². The van der Waals surface area contributed by atoms with Gasteiger partial charge < -0.3 is 14.0 Å². The van der Waals surface area contributed by atoms with E-state index in [1.807, 2.05) is 12.1 Å². The zero-order valence-corrected chi connectivity index (χ0v) is 52.9. The summed E-state index contributed by atoms with van der Waals surface area (Å²) in [5.41, 5.74) is 18.0. The van der Waals surface area contributed by atoms with Crippen LogP contribution in [0.1, 0.15) is 124 Å². The number of aryl methyl sites for hydroxylation is 2. The highest BCUT2D eigenvalue weighted by atomic mass is 15.3. The lowest BCUT2D eigenvalue weighted by atomic mass is 9.93. The van der Waals surface area contributed by atoms with E-state index in [4.69, 9.17) is 16.8 Å². The molecule has 0 fully saturated rings. The Labute approximate surface area is 524 Å². The van der Waals surface area contributed by atoms with Crippen molar-refractivity contribution in [3.8, 4) is 6.07 Å². The summed E-state index contributed by atoms with van der Waals surface area (Å²) in [6.07, 6.45) is 28.3. The van der Waals surface area contributed by atoms with Crippen LogP contribution < -0.4 is 4.90 Å². The summed E-state index contributed by atoms with van der Waals surface area (Å²) in [6, 6.07) is 46.0. The Morgan fingerprint density at radius 3 is 1.63 bits per heavy atom. The van der Waals surface area contributed by atoms with Crippen LogP contribution in [-0.4, -0.2) is 65.2 Å². The minimum absolute atomic E-state index is 0.366. The van der Waals surface area contributed by atoms with Gasteiger partial charge in [0.05, 0.1) is 30.0 Å². The van der Waals surface area contributed by atoms with Gasteiger partial charge in [-0.3, -0.25) is 4.68 Å². The number of azo groups is 2. The quantitative estimate of drug-likeness (QED) is 0.0231. The van der Waals surface area contributed by atoms with Crippen LogP contribution in [0.25, 0.3) is 37.8 Å². The molecule has 0 amide bonds. The number of aromatic nitrogens is 6. The number of benzene rings is 5. The van der Waals surface area contributed by atoms with Gasteiger partial charge in [0.15, 0.2) is 17.3 Å². The summed E-state index contributed by atoms with van der Waals surface area (Å²) >= 11 is 0. The first-order valence-corrected chi connectivity index (χ1v) is 31.5. The van der Waals surface area contributed by atoms with Gasteiger partial charge in [-0.1, -0.05) is 169 Å². The van der Waals surface area contributed by atoms with Gasteiger partial charge in [-0.2, -0.15) is 15.5 Å². The summed E-state index contributed by atoms with van der Waals surface area (Å²) < 4.78 is 10.3. The molecule has 4 heterocycles. The molecule has 1 aliphatic rings. The molecule has 4 aromatic heterocycles. The van der Waals surface area contributed by atoms with Gasteiger partial charge in [0.25, 0.3) is 5.69 Å². The van der Waals surface area contributed by atoms with E-state index in [1.165, 1.54) is 23.8 Å². The van der Waals surface area contributed by atoms with Crippen molar-refractivity contribution in [3.05, 3.63) is 238 Å². The summed E-state index contributed by atoms with van der Waals surface area (Å²) in [5, 5.41) is 38.8. The second-order valence-electron chi connectivity index (χ2n) is 22.9. The number of hydrogen-bond acceptors (Lipinski definition) is 8. The predicted octanol–water partition coefficient (Wildman–Crippen LogP) is 19.1. The van der Waals surface area contributed by atoms with Crippen molar-refractivity contribution >= 4 is 73.0 Å². The molecule has 5 aromatic carbocycles. The lowest BCUT2D eigenvalue weighted by Gasteiger charge is -2.25. The van der Waals surface area contributed by atoms with Gasteiger partial charge in [-0.05, 0) is 108 Å². The smallest absolute Gasteiger partial charge is 0.251 e. The van der Waals surface area contributed by atoms with Crippen LogP contribution in [0, 0.1) is 31.8 Å². The highest BCUT2D eigenvalue weighted by Crippen LogP contribution is 2.39. The number of nitrogens with zero attached hydrogens (tertiary/aromatic N) is 14. The minimum atomic E-state index is 0.366. The second kappa shape index (κ2) is 29.6. The third-order valence-electron chi connectivity index (χ3n) is 16.9. The Morgan fingerprint density at radius 2 is 1.10 bits per heavy atom. The molecule has 0 saturated heterocycles. The van der Waals surface area contributed by atoms with Gasteiger partial charge in [-0.15, -0.1) is 20.5 Å². The molecule has 89 heavy (non-hydrogen) atoms. The van der Waals surface area contributed by atoms with Crippen LogP contribution in [0.4, 0.5) is 34.4 Å². The lowest BCUT2D eigenvalue weighted by molar-refractivity contribution is -0.527. The molecule has 10 rings (SSSR count). The number of rotatable bonds is 26. The maximum absolute atomic E-state index is 9.72. The van der Waals surface area contributed by atoms with E-state index in [2.05, 4.69) is 243 Å². The summed E-state index contributed by atoms with van der Waals surface area (Å²) in [4.78, 5) is 6.16. The fraction of sp³-hybridized carbons (Fsp3) is 0.293. The normalized spacial score (nSPS) is 12.7. The number of unbranched alkanes of at least 4 members (excludes halogenated alkanes) is 4. The maximum atomic E-state index is 9.72. The van der Waals surface area contributed by atoms with Gasteiger partial charge in [0.1, 0.15) is 36.1 Å². The molecular weight excluding hydrogens is 1100 g/mol. The molecule has 14 heteroatoms. The largest absolute Gasteiger partial charge is 0.372 e. The van der Waals surface area contributed by atoms with Crippen LogP contribution >= 0.6 is 0 Å². The number of hydrogen-bond donors (Lipinski definition) is 0. The molecule has 1 aliphatic carbocycles. The minimum Gasteiger partial charge on any atom is -0.372 e. The van der Waals surface area contributed by atoms with Crippen molar-refractivity contribution in [2.45, 2.75) is 106 Å². The Bertz CT molecular complexity index is 4260. The van der Waals surface area contributed by atoms with E-state index >= 15 is 0 Å². The predicted molar refractivity (Wildman–Crippen MR) is 365 cm³/mol. The summed E-state index contributed by atoms with van der Waals surface area (Å²) in [5.74, 6) is 0.854. The number of nitriles is 1. The lowest BCUT2D eigenvalue weighted by Crippen LogP contribution is -2.25. The number of anilines is 1. The third-order valence-corrected chi connectivity index (χ3v) is 16.9. The van der Waals surface area contributed by atoms with E-state index in [9.17, 15) is 5.26 Å². The first-order valence-electron chi connectivity index (χ1n) is 31.5. The highest BCUT2D eigenvalue weighted by Gasteiger charge is 2.20. The molecule has 0 saturated carbocycles. The van der Waals surface area contributed by atoms with E-state index < -0.39 is 0 Å². The Hall–Kier alpha value is -10.1. The highest BCUT2D eigenvalue weighted by molar-refractivity contribution is 6.04. The van der Waals surface area contributed by atoms with Gasteiger partial charge >= 0.3 is 0 Å². The van der Waals surface area contributed by atoms with E-state index in [0.29, 0.717) is 36.0 Å². The number of fused-ring (bicyclic) bond motifs is 2. The van der Waals surface area contributed by atoms with Crippen molar-refractivity contribution in [3.63, 3.8) is 0 Å². The molecule has 0 bridgehead atoms. The Morgan fingerprint density at radius 1 is 0.607 bits per heavy atom. The molecule has 9 aromatic rings. The fourth-order valence-corrected chi connectivity index (χ4v) is 11.7. The van der Waals surface area contributed by atoms with E-state index in [0.717, 1.165) is 167 Å². The summed E-state index contributed by atoms with van der Waals surface area (Å²) in [7, 11) is 3.55. The van der Waals surface area contributed by atoms with Crippen molar-refractivity contribution in [1.82, 2.24) is 28.7 Å².